The zero-order chi connectivity index (χ0) is 10.1. The number of carboxylic acids is 1. The summed E-state index contributed by atoms with van der Waals surface area (Å²) in [4.78, 5) is 24.0. The van der Waals surface area contributed by atoms with E-state index < -0.39 is 5.97 Å². The van der Waals surface area contributed by atoms with Gasteiger partial charge >= 0.3 is 0 Å². The van der Waals surface area contributed by atoms with Gasteiger partial charge in [0.15, 0.2) is 6.29 Å². The van der Waals surface area contributed by atoms with Crippen LogP contribution in [-0.2, 0) is 0 Å². The molecule has 4 nitrogen and oxygen atoms in total. The molecule has 1 N–H and O–H groups in total. The number of hydrogen-bond acceptors (Lipinski definition) is 3. The molecule has 1 aromatic carbocycles. The van der Waals surface area contributed by atoms with Crippen LogP contribution in [0.5, 0.6) is 0 Å². The Balaban J connectivity index is 2.85. The fourth-order valence-corrected chi connectivity index (χ4v) is 1.45. The van der Waals surface area contributed by atoms with Gasteiger partial charge in [-0.2, -0.15) is 0 Å². The molecule has 0 aliphatic carbocycles. The highest BCUT2D eigenvalue weighted by atomic mass is 16.4. The lowest BCUT2D eigenvalue weighted by molar-refractivity contribution is -0.255. The molecular weight excluding hydrogens is 182 g/mol. The number of H-pyrrole nitrogens is 1. The molecule has 0 atom stereocenters. The largest absolute Gasteiger partial charge is 0.543 e. The van der Waals surface area contributed by atoms with Crippen LogP contribution in [0.3, 0.4) is 0 Å². The van der Waals surface area contributed by atoms with Crippen LogP contribution in [0.15, 0.2) is 24.3 Å². The van der Waals surface area contributed by atoms with Crippen LogP contribution in [0.1, 0.15) is 20.8 Å². The van der Waals surface area contributed by atoms with Gasteiger partial charge in [-0.3, -0.25) is 4.79 Å². The predicted octanol–water partition coefficient (Wildman–Crippen LogP) is 0.344. The molecule has 0 fully saturated rings. The molecule has 0 aliphatic heterocycles. The molecule has 0 aliphatic rings. The molecule has 0 unspecified atom stereocenters. The van der Waals surface area contributed by atoms with Crippen molar-refractivity contribution in [3.05, 3.63) is 35.5 Å². The molecule has 4 heteroatoms. The monoisotopic (exact) mass is 188 g/mol. The maximum Gasteiger partial charge on any atom is 0.152 e. The number of aldehydes is 1. The zero-order valence-electron chi connectivity index (χ0n) is 7.11. The maximum atomic E-state index is 10.7. The summed E-state index contributed by atoms with van der Waals surface area (Å²) in [6.07, 6.45) is 0.518. The van der Waals surface area contributed by atoms with E-state index in [4.69, 9.17) is 0 Å². The van der Waals surface area contributed by atoms with Gasteiger partial charge in [-0.15, -0.1) is 0 Å². The Morgan fingerprint density at radius 3 is 2.71 bits per heavy atom. The molecule has 2 aromatic rings. The Labute approximate surface area is 79.2 Å². The number of aromatic amines is 1. The Kier molecular flexibility index (Phi) is 1.81. The van der Waals surface area contributed by atoms with Gasteiger partial charge in [0.2, 0.25) is 0 Å². The molecule has 0 spiro atoms. The summed E-state index contributed by atoms with van der Waals surface area (Å²) < 4.78 is 0. The van der Waals surface area contributed by atoms with Crippen LogP contribution in [0.4, 0.5) is 0 Å². The van der Waals surface area contributed by atoms with Gasteiger partial charge in [0.1, 0.15) is 0 Å². The van der Waals surface area contributed by atoms with Crippen molar-refractivity contribution in [2.24, 2.45) is 0 Å². The van der Waals surface area contributed by atoms with Gasteiger partial charge in [0.25, 0.3) is 0 Å². The molecule has 0 bridgehead atoms. The topological polar surface area (TPSA) is 73.0 Å². The Morgan fingerprint density at radius 2 is 2.07 bits per heavy atom. The Bertz CT molecular complexity index is 513. The SMILES string of the molecule is O=Cc1c(C(=O)[O-])[nH]c2ccccc12. The highest BCUT2D eigenvalue weighted by Gasteiger charge is 2.10. The van der Waals surface area contributed by atoms with Crippen molar-refractivity contribution < 1.29 is 14.7 Å². The summed E-state index contributed by atoms with van der Waals surface area (Å²) in [7, 11) is 0. The van der Waals surface area contributed by atoms with E-state index in [0.717, 1.165) is 0 Å². The molecule has 70 valence electrons. The van der Waals surface area contributed by atoms with Gasteiger partial charge in [-0.1, -0.05) is 18.2 Å². The highest BCUT2D eigenvalue weighted by molar-refractivity contribution is 6.06. The fourth-order valence-electron chi connectivity index (χ4n) is 1.45. The second-order valence-electron chi connectivity index (χ2n) is 2.86. The summed E-state index contributed by atoms with van der Waals surface area (Å²) >= 11 is 0. The van der Waals surface area contributed by atoms with E-state index >= 15 is 0 Å². The molecule has 0 saturated heterocycles. The predicted molar refractivity (Wildman–Crippen MR) is 48.0 cm³/mol. The average molecular weight is 188 g/mol. The Morgan fingerprint density at radius 1 is 1.36 bits per heavy atom. The highest BCUT2D eigenvalue weighted by Crippen LogP contribution is 2.19. The third-order valence-electron chi connectivity index (χ3n) is 2.07. The van der Waals surface area contributed by atoms with Crippen molar-refractivity contribution in [3.63, 3.8) is 0 Å². The number of carbonyl (C=O) groups excluding carboxylic acids is 2. The molecule has 0 saturated carbocycles. The van der Waals surface area contributed by atoms with E-state index in [1.807, 2.05) is 0 Å². The van der Waals surface area contributed by atoms with Crippen molar-refractivity contribution >= 4 is 23.2 Å². The third-order valence-corrected chi connectivity index (χ3v) is 2.07. The molecule has 0 radical (unpaired) electrons. The van der Waals surface area contributed by atoms with E-state index in [9.17, 15) is 14.7 Å². The lowest BCUT2D eigenvalue weighted by atomic mass is 10.1. The summed E-state index contributed by atoms with van der Waals surface area (Å²) in [5.74, 6) is -1.37. The molecule has 2 rings (SSSR count). The normalized spacial score (nSPS) is 10.3. The van der Waals surface area contributed by atoms with Crippen molar-refractivity contribution in [2.75, 3.05) is 0 Å². The molecular formula is C10H6NO3-. The number of aromatic nitrogens is 1. The molecule has 1 heterocycles. The van der Waals surface area contributed by atoms with E-state index in [1.54, 1.807) is 24.3 Å². The number of carboxylic acid groups (broad SMARTS) is 1. The number of aromatic carboxylic acids is 1. The Hall–Kier alpha value is -2.10. The standard InChI is InChI=1S/C10H7NO3/c12-5-7-6-3-1-2-4-8(6)11-9(7)10(13)14/h1-5,11H,(H,13,14)/p-1. The minimum absolute atomic E-state index is 0.139. The third kappa shape index (κ3) is 1.08. The number of benzene rings is 1. The van der Waals surface area contributed by atoms with Crippen LogP contribution in [0.2, 0.25) is 0 Å². The summed E-state index contributed by atoms with van der Waals surface area (Å²) in [5, 5.41) is 11.2. The fraction of sp³-hybridized carbons (Fsp3) is 0. The minimum atomic E-state index is -1.37. The van der Waals surface area contributed by atoms with Crippen LogP contribution >= 0.6 is 0 Å². The summed E-state index contributed by atoms with van der Waals surface area (Å²) in [5.41, 5.74) is 0.593. The molecule has 1 aromatic heterocycles. The summed E-state index contributed by atoms with van der Waals surface area (Å²) in [6, 6.07) is 6.88. The van der Waals surface area contributed by atoms with Gasteiger partial charge in [-0.05, 0) is 6.07 Å². The van der Waals surface area contributed by atoms with E-state index in [2.05, 4.69) is 4.98 Å². The van der Waals surface area contributed by atoms with E-state index in [0.29, 0.717) is 17.2 Å². The average Bonchev–Trinajstić information content (AvgIpc) is 2.56. The smallest absolute Gasteiger partial charge is 0.152 e. The van der Waals surface area contributed by atoms with Gasteiger partial charge in [0, 0.05) is 16.5 Å². The number of para-hydroxylation sites is 1. The van der Waals surface area contributed by atoms with E-state index in [1.165, 1.54) is 0 Å². The first kappa shape index (κ1) is 8.50. The second-order valence-corrected chi connectivity index (χ2v) is 2.86. The van der Waals surface area contributed by atoms with Crippen molar-refractivity contribution in [1.82, 2.24) is 4.98 Å². The minimum Gasteiger partial charge on any atom is -0.543 e. The molecule has 14 heavy (non-hydrogen) atoms. The van der Waals surface area contributed by atoms with Crippen molar-refractivity contribution in [1.29, 1.82) is 0 Å². The number of rotatable bonds is 2. The van der Waals surface area contributed by atoms with Crippen LogP contribution in [-0.4, -0.2) is 17.2 Å². The number of hydrogen-bond donors (Lipinski definition) is 1. The summed E-state index contributed by atoms with van der Waals surface area (Å²) in [6.45, 7) is 0. The van der Waals surface area contributed by atoms with Crippen molar-refractivity contribution in [3.8, 4) is 0 Å². The van der Waals surface area contributed by atoms with E-state index in [-0.39, 0.29) is 11.3 Å². The quantitative estimate of drug-likeness (QED) is 0.691. The van der Waals surface area contributed by atoms with Crippen LogP contribution in [0.25, 0.3) is 10.9 Å². The van der Waals surface area contributed by atoms with Gasteiger partial charge in [-0.25, -0.2) is 0 Å². The zero-order valence-corrected chi connectivity index (χ0v) is 7.11. The van der Waals surface area contributed by atoms with Crippen LogP contribution in [0, 0.1) is 0 Å². The first-order chi connectivity index (χ1) is 6.74. The number of fused-ring (bicyclic) bond motifs is 1. The number of nitrogens with one attached hydrogen (secondary N) is 1. The van der Waals surface area contributed by atoms with Crippen LogP contribution < -0.4 is 5.11 Å². The van der Waals surface area contributed by atoms with Gasteiger partial charge < -0.3 is 14.9 Å². The lowest BCUT2D eigenvalue weighted by Gasteiger charge is -1.97. The second kappa shape index (κ2) is 2.99. The van der Waals surface area contributed by atoms with Crippen molar-refractivity contribution in [2.45, 2.75) is 0 Å². The molecule has 0 amide bonds. The number of carbonyl (C=O) groups is 2. The maximum absolute atomic E-state index is 10.7. The van der Waals surface area contributed by atoms with Gasteiger partial charge in [0.05, 0.1) is 11.7 Å². The first-order valence-electron chi connectivity index (χ1n) is 4.01. The first-order valence-corrected chi connectivity index (χ1v) is 4.01. The lowest BCUT2D eigenvalue weighted by Crippen LogP contribution is -2.23.